The first-order valence-corrected chi connectivity index (χ1v) is 11.6. The van der Waals surface area contributed by atoms with E-state index >= 15 is 0 Å². The standard InChI is InChI=1S/C23H22ClN7O2/c1-12-20(28-17-6-2-13(10-25)8-16(17)24)26-11-27-22(12)32-19-9-15-5-7-18(19)31(15)23-29-21(30-33-23)14-3-4-14/h2,6,8,11,14-15,18-19H,3-5,7,9H2,1H3,(H,26,27,28)/t15?,18?,19-/m0/s1. The van der Waals surface area contributed by atoms with Crippen molar-refractivity contribution in [1.29, 1.82) is 5.26 Å². The van der Waals surface area contributed by atoms with Crippen LogP contribution in [0, 0.1) is 18.3 Å². The molecule has 10 heteroatoms. The molecule has 1 saturated carbocycles. The fourth-order valence-corrected chi connectivity index (χ4v) is 5.06. The van der Waals surface area contributed by atoms with Crippen LogP contribution >= 0.6 is 11.6 Å². The number of hydrogen-bond donors (Lipinski definition) is 1. The van der Waals surface area contributed by atoms with E-state index in [9.17, 15) is 0 Å². The van der Waals surface area contributed by atoms with Gasteiger partial charge in [-0.05, 0) is 50.8 Å². The molecular weight excluding hydrogens is 442 g/mol. The molecule has 2 unspecified atom stereocenters. The van der Waals surface area contributed by atoms with Crippen molar-refractivity contribution in [2.45, 2.75) is 63.1 Å². The lowest BCUT2D eigenvalue weighted by molar-refractivity contribution is 0.164. The number of hydrogen-bond acceptors (Lipinski definition) is 9. The lowest BCUT2D eigenvalue weighted by atomic mass is 9.98. The maximum atomic E-state index is 9.04. The predicted molar refractivity (Wildman–Crippen MR) is 121 cm³/mol. The van der Waals surface area contributed by atoms with E-state index in [0.29, 0.717) is 45.9 Å². The van der Waals surface area contributed by atoms with E-state index in [4.69, 9.17) is 26.1 Å². The summed E-state index contributed by atoms with van der Waals surface area (Å²) < 4.78 is 12.0. The molecular formula is C23H22ClN7O2. The van der Waals surface area contributed by atoms with Crippen LogP contribution < -0.4 is 15.0 Å². The molecule has 0 spiro atoms. The molecule has 33 heavy (non-hydrogen) atoms. The largest absolute Gasteiger partial charge is 0.472 e. The van der Waals surface area contributed by atoms with Crippen LogP contribution in [0.3, 0.4) is 0 Å². The minimum atomic E-state index is -0.0139. The van der Waals surface area contributed by atoms with Gasteiger partial charge in [0.2, 0.25) is 5.88 Å². The van der Waals surface area contributed by atoms with Crippen molar-refractivity contribution < 1.29 is 9.26 Å². The van der Waals surface area contributed by atoms with Gasteiger partial charge >= 0.3 is 6.01 Å². The molecule has 2 saturated heterocycles. The van der Waals surface area contributed by atoms with Gasteiger partial charge in [-0.1, -0.05) is 16.8 Å². The Hall–Kier alpha value is -3.38. The molecule has 9 nitrogen and oxygen atoms in total. The van der Waals surface area contributed by atoms with Gasteiger partial charge in [0.25, 0.3) is 0 Å². The third kappa shape index (κ3) is 3.64. The van der Waals surface area contributed by atoms with Gasteiger partial charge in [0, 0.05) is 18.4 Å². The zero-order valence-electron chi connectivity index (χ0n) is 18.0. The molecule has 1 aliphatic carbocycles. The van der Waals surface area contributed by atoms with Crippen LogP contribution in [0.25, 0.3) is 0 Å². The van der Waals surface area contributed by atoms with Crippen LogP contribution in [0.5, 0.6) is 5.88 Å². The lowest BCUT2D eigenvalue weighted by Crippen LogP contribution is -2.35. The number of rotatable bonds is 6. The Morgan fingerprint density at radius 3 is 2.91 bits per heavy atom. The number of halogens is 1. The van der Waals surface area contributed by atoms with Crippen LogP contribution in [-0.4, -0.2) is 38.3 Å². The number of nitrogens with zero attached hydrogens (tertiary/aromatic N) is 6. The molecule has 6 rings (SSSR count). The fraction of sp³-hybridized carbons (Fsp3) is 0.435. The molecule has 168 valence electrons. The van der Waals surface area contributed by atoms with Crippen LogP contribution in [0.2, 0.25) is 5.02 Å². The smallest absolute Gasteiger partial charge is 0.324 e. The molecule has 3 aliphatic rings. The summed E-state index contributed by atoms with van der Waals surface area (Å²) >= 11 is 6.32. The summed E-state index contributed by atoms with van der Waals surface area (Å²) in [5.74, 6) is 2.45. The Kier molecular flexibility index (Phi) is 4.84. The third-order valence-corrected chi connectivity index (χ3v) is 7.04. The highest BCUT2D eigenvalue weighted by Crippen LogP contribution is 2.44. The van der Waals surface area contributed by atoms with Crippen molar-refractivity contribution in [2.24, 2.45) is 0 Å². The van der Waals surface area contributed by atoms with Crippen molar-refractivity contribution in [2.75, 3.05) is 10.2 Å². The second kappa shape index (κ2) is 7.89. The van der Waals surface area contributed by atoms with E-state index in [1.165, 1.54) is 6.33 Å². The van der Waals surface area contributed by atoms with Crippen LogP contribution in [0.15, 0.2) is 29.0 Å². The van der Waals surface area contributed by atoms with E-state index in [2.05, 4.69) is 36.4 Å². The van der Waals surface area contributed by atoms with E-state index in [1.54, 1.807) is 18.2 Å². The van der Waals surface area contributed by atoms with Gasteiger partial charge in [-0.3, -0.25) is 0 Å². The average Bonchev–Trinajstić information content (AvgIpc) is 3.27. The van der Waals surface area contributed by atoms with Crippen LogP contribution in [-0.2, 0) is 0 Å². The molecule has 0 radical (unpaired) electrons. The van der Waals surface area contributed by atoms with Gasteiger partial charge in [0.1, 0.15) is 18.2 Å². The van der Waals surface area contributed by atoms with Crippen molar-refractivity contribution in [3.8, 4) is 11.9 Å². The highest BCUT2D eigenvalue weighted by Gasteiger charge is 2.50. The number of benzene rings is 1. The van der Waals surface area contributed by atoms with Gasteiger partial charge in [-0.15, -0.1) is 0 Å². The normalized spacial score (nSPS) is 23.5. The second-order valence-corrected chi connectivity index (χ2v) is 9.30. The average molecular weight is 464 g/mol. The van der Waals surface area contributed by atoms with Crippen LogP contribution in [0.4, 0.5) is 17.5 Å². The monoisotopic (exact) mass is 463 g/mol. The molecule has 3 fully saturated rings. The highest BCUT2D eigenvalue weighted by atomic mass is 35.5. The molecule has 4 heterocycles. The van der Waals surface area contributed by atoms with E-state index in [1.807, 2.05) is 6.92 Å². The zero-order chi connectivity index (χ0) is 22.5. The van der Waals surface area contributed by atoms with Crippen molar-refractivity contribution >= 4 is 29.1 Å². The van der Waals surface area contributed by atoms with Gasteiger partial charge in [-0.2, -0.15) is 10.2 Å². The predicted octanol–water partition coefficient (Wildman–Crippen LogP) is 4.50. The summed E-state index contributed by atoms with van der Waals surface area (Å²) in [7, 11) is 0. The molecule has 3 aromatic rings. The quantitative estimate of drug-likeness (QED) is 0.564. The van der Waals surface area contributed by atoms with E-state index < -0.39 is 0 Å². The Bertz CT molecular complexity index is 1250. The summed E-state index contributed by atoms with van der Waals surface area (Å²) in [5.41, 5.74) is 1.96. The third-order valence-electron chi connectivity index (χ3n) is 6.73. The molecule has 2 bridgehead atoms. The van der Waals surface area contributed by atoms with Gasteiger partial charge in [0.05, 0.1) is 33.9 Å². The number of aromatic nitrogens is 4. The molecule has 3 atom stereocenters. The van der Waals surface area contributed by atoms with Gasteiger partial charge < -0.3 is 19.5 Å². The number of nitrogens with one attached hydrogen (secondary N) is 1. The minimum absolute atomic E-state index is 0.0139. The van der Waals surface area contributed by atoms with Crippen molar-refractivity contribution in [1.82, 2.24) is 20.1 Å². The summed E-state index contributed by atoms with van der Waals surface area (Å²) in [6.45, 7) is 1.92. The maximum Gasteiger partial charge on any atom is 0.324 e. The SMILES string of the molecule is Cc1c(Nc2ccc(C#N)cc2Cl)ncnc1O[C@H]1CC2CCC1N2c1nc(C2CC2)no1. The molecule has 2 aliphatic heterocycles. The van der Waals surface area contributed by atoms with Crippen molar-refractivity contribution in [3.05, 3.63) is 46.5 Å². The molecule has 1 aromatic carbocycles. The summed E-state index contributed by atoms with van der Waals surface area (Å²) in [6, 6.07) is 8.31. The summed E-state index contributed by atoms with van der Waals surface area (Å²) in [5, 5.41) is 16.9. The summed E-state index contributed by atoms with van der Waals surface area (Å²) in [4.78, 5) is 15.7. The number of anilines is 3. The fourth-order valence-electron chi connectivity index (χ4n) is 4.83. The topological polar surface area (TPSA) is 113 Å². The Balaban J connectivity index is 1.20. The second-order valence-electron chi connectivity index (χ2n) is 8.89. The number of fused-ring (bicyclic) bond motifs is 2. The highest BCUT2D eigenvalue weighted by molar-refractivity contribution is 6.33. The lowest BCUT2D eigenvalue weighted by Gasteiger charge is -2.24. The molecule has 0 amide bonds. The van der Waals surface area contributed by atoms with E-state index in [0.717, 1.165) is 43.5 Å². The van der Waals surface area contributed by atoms with Crippen molar-refractivity contribution in [3.63, 3.8) is 0 Å². The Labute approximate surface area is 195 Å². The van der Waals surface area contributed by atoms with Crippen LogP contribution in [0.1, 0.15) is 55.0 Å². The number of ether oxygens (including phenoxy) is 1. The minimum Gasteiger partial charge on any atom is -0.472 e. The zero-order valence-corrected chi connectivity index (χ0v) is 18.8. The van der Waals surface area contributed by atoms with Gasteiger partial charge in [0.15, 0.2) is 5.82 Å². The number of nitriles is 1. The molecule has 2 aromatic heterocycles. The molecule has 1 N–H and O–H groups in total. The Morgan fingerprint density at radius 1 is 1.24 bits per heavy atom. The first kappa shape index (κ1) is 20.2. The first-order valence-electron chi connectivity index (χ1n) is 11.2. The Morgan fingerprint density at radius 2 is 2.12 bits per heavy atom. The van der Waals surface area contributed by atoms with E-state index in [-0.39, 0.29) is 12.1 Å². The first-order chi connectivity index (χ1) is 16.1. The summed E-state index contributed by atoms with van der Waals surface area (Å²) in [6.07, 6.45) is 6.76. The maximum absolute atomic E-state index is 9.04. The van der Waals surface area contributed by atoms with Gasteiger partial charge in [-0.25, -0.2) is 9.97 Å².